The van der Waals surface area contributed by atoms with Gasteiger partial charge in [-0.3, -0.25) is 0 Å². The molecule has 0 N–H and O–H groups in total. The summed E-state index contributed by atoms with van der Waals surface area (Å²) in [5, 5.41) is 1.97. The van der Waals surface area contributed by atoms with Gasteiger partial charge in [0.05, 0.1) is 10.6 Å². The molecular formula is C23H27NO4S3. The molecule has 0 amide bonds. The predicted molar refractivity (Wildman–Crippen MR) is 127 cm³/mol. The molecular weight excluding hydrogens is 450 g/mol. The molecule has 8 heteroatoms. The van der Waals surface area contributed by atoms with E-state index in [1.54, 1.807) is 28.6 Å². The van der Waals surface area contributed by atoms with Gasteiger partial charge in [0.15, 0.2) is 9.84 Å². The van der Waals surface area contributed by atoms with Crippen molar-refractivity contribution in [2.75, 3.05) is 12.8 Å². The molecule has 0 aliphatic heterocycles. The first-order valence-electron chi connectivity index (χ1n) is 9.94. The Balaban J connectivity index is 1.80. The number of thiophene rings is 1. The molecule has 3 rings (SSSR count). The molecule has 1 heterocycles. The minimum atomic E-state index is -3.47. The van der Waals surface area contributed by atoms with Crippen LogP contribution in [0.5, 0.6) is 0 Å². The smallest absolute Gasteiger partial charge is 0.218 e. The number of hydrogen-bond donors (Lipinski definition) is 0. The fourth-order valence-electron chi connectivity index (χ4n) is 3.24. The van der Waals surface area contributed by atoms with Crippen LogP contribution in [0.2, 0.25) is 0 Å². The first-order valence-corrected chi connectivity index (χ1v) is 14.3. The highest BCUT2D eigenvalue weighted by atomic mass is 32.2. The van der Waals surface area contributed by atoms with E-state index >= 15 is 0 Å². The number of benzene rings is 2. The quantitative estimate of drug-likeness (QED) is 0.444. The molecule has 0 aliphatic rings. The van der Waals surface area contributed by atoms with Gasteiger partial charge < -0.3 is 0 Å². The van der Waals surface area contributed by atoms with E-state index in [4.69, 9.17) is 0 Å². The molecule has 0 unspecified atom stereocenters. The summed E-state index contributed by atoms with van der Waals surface area (Å²) in [5.74, 6) is 0.180. The van der Waals surface area contributed by atoms with Crippen LogP contribution in [-0.4, -0.2) is 33.9 Å². The minimum Gasteiger partial charge on any atom is -0.224 e. The molecule has 0 fully saturated rings. The third-order valence-electron chi connectivity index (χ3n) is 4.76. The van der Waals surface area contributed by atoms with Crippen LogP contribution in [0.15, 0.2) is 70.9 Å². The van der Waals surface area contributed by atoms with Gasteiger partial charge in [-0.1, -0.05) is 56.3 Å². The van der Waals surface area contributed by atoms with Gasteiger partial charge in [0.1, 0.15) is 0 Å². The van der Waals surface area contributed by atoms with Crippen LogP contribution in [0, 0.1) is 5.92 Å². The summed E-state index contributed by atoms with van der Waals surface area (Å²) in [4.78, 5) is 1.22. The van der Waals surface area contributed by atoms with Crippen LogP contribution < -0.4 is 0 Å². The van der Waals surface area contributed by atoms with Gasteiger partial charge in [0.25, 0.3) is 0 Å². The molecule has 31 heavy (non-hydrogen) atoms. The van der Waals surface area contributed by atoms with Crippen molar-refractivity contribution in [3.8, 4) is 11.1 Å². The Morgan fingerprint density at radius 1 is 0.903 bits per heavy atom. The van der Waals surface area contributed by atoms with E-state index in [0.29, 0.717) is 13.1 Å². The van der Waals surface area contributed by atoms with E-state index in [1.807, 2.05) is 55.6 Å². The number of rotatable bonds is 9. The molecule has 0 saturated heterocycles. The number of nitrogens with zero attached hydrogens (tertiary/aromatic N) is 1. The summed E-state index contributed by atoms with van der Waals surface area (Å²) in [6, 6.07) is 17.9. The van der Waals surface area contributed by atoms with Crippen molar-refractivity contribution in [1.82, 2.24) is 4.31 Å². The Bertz CT molecular complexity index is 1210. The third-order valence-corrected chi connectivity index (χ3v) is 8.57. The summed E-state index contributed by atoms with van der Waals surface area (Å²) in [6.45, 7) is 4.79. The van der Waals surface area contributed by atoms with Gasteiger partial charge in [-0.2, -0.15) is 4.31 Å². The molecule has 0 aliphatic carbocycles. The highest BCUT2D eigenvalue weighted by molar-refractivity contribution is 7.90. The Kier molecular flexibility index (Phi) is 7.36. The topological polar surface area (TPSA) is 71.5 Å². The summed E-state index contributed by atoms with van der Waals surface area (Å²) in [5.41, 5.74) is 2.62. The predicted octanol–water partition coefficient (Wildman–Crippen LogP) is 4.81. The van der Waals surface area contributed by atoms with Crippen LogP contribution in [0.25, 0.3) is 11.1 Å². The van der Waals surface area contributed by atoms with Crippen LogP contribution >= 0.6 is 11.3 Å². The number of hydrogen-bond acceptors (Lipinski definition) is 5. The second kappa shape index (κ2) is 9.65. The van der Waals surface area contributed by atoms with E-state index in [0.717, 1.165) is 21.6 Å². The van der Waals surface area contributed by atoms with Crippen LogP contribution in [-0.2, 0) is 32.2 Å². The lowest BCUT2D eigenvalue weighted by Crippen LogP contribution is -2.34. The van der Waals surface area contributed by atoms with E-state index in [1.165, 1.54) is 17.6 Å². The number of sulfone groups is 1. The van der Waals surface area contributed by atoms with Crippen molar-refractivity contribution in [1.29, 1.82) is 0 Å². The van der Waals surface area contributed by atoms with Crippen LogP contribution in [0.3, 0.4) is 0 Å². The fourth-order valence-corrected chi connectivity index (χ4v) is 6.52. The first kappa shape index (κ1) is 23.7. The zero-order valence-electron chi connectivity index (χ0n) is 17.9. The minimum absolute atomic E-state index is 0.0221. The van der Waals surface area contributed by atoms with Crippen molar-refractivity contribution in [3.05, 3.63) is 76.5 Å². The Morgan fingerprint density at radius 3 is 2.13 bits per heavy atom. The van der Waals surface area contributed by atoms with Crippen molar-refractivity contribution < 1.29 is 16.8 Å². The maximum Gasteiger partial charge on any atom is 0.218 e. The SMILES string of the molecule is CC(C)CN(Cc1cc(-c2ccc(S(C)(=O)=O)cc2)cs1)S(=O)(=O)Cc1ccccc1. The lowest BCUT2D eigenvalue weighted by atomic mass is 10.1. The normalized spacial score (nSPS) is 12.5. The molecule has 0 atom stereocenters. The van der Waals surface area contributed by atoms with Gasteiger partial charge in [0, 0.05) is 24.2 Å². The second-order valence-corrected chi connectivity index (χ2v) is 13.0. The Morgan fingerprint density at radius 2 is 1.55 bits per heavy atom. The van der Waals surface area contributed by atoms with Gasteiger partial charge >= 0.3 is 0 Å². The van der Waals surface area contributed by atoms with Gasteiger partial charge in [0.2, 0.25) is 10.0 Å². The van der Waals surface area contributed by atoms with Gasteiger partial charge in [-0.15, -0.1) is 11.3 Å². The van der Waals surface area contributed by atoms with Crippen molar-refractivity contribution in [3.63, 3.8) is 0 Å². The summed E-state index contributed by atoms with van der Waals surface area (Å²) >= 11 is 1.51. The van der Waals surface area contributed by atoms with Crippen molar-refractivity contribution >= 4 is 31.2 Å². The lowest BCUT2D eigenvalue weighted by molar-refractivity contribution is 0.364. The molecule has 0 saturated carbocycles. The highest BCUT2D eigenvalue weighted by Crippen LogP contribution is 2.28. The third kappa shape index (κ3) is 6.49. The highest BCUT2D eigenvalue weighted by Gasteiger charge is 2.24. The molecule has 0 radical (unpaired) electrons. The molecule has 0 bridgehead atoms. The Labute approximate surface area is 189 Å². The van der Waals surface area contributed by atoms with Crippen molar-refractivity contribution in [2.24, 2.45) is 5.92 Å². The van der Waals surface area contributed by atoms with Gasteiger partial charge in [-0.05, 0) is 46.2 Å². The zero-order chi connectivity index (χ0) is 22.6. The molecule has 0 spiro atoms. The van der Waals surface area contributed by atoms with E-state index in [2.05, 4.69) is 0 Å². The maximum atomic E-state index is 13.1. The molecule has 3 aromatic rings. The van der Waals surface area contributed by atoms with Crippen molar-refractivity contribution in [2.45, 2.75) is 31.0 Å². The largest absolute Gasteiger partial charge is 0.224 e. The first-order chi connectivity index (χ1) is 14.5. The molecule has 5 nitrogen and oxygen atoms in total. The van der Waals surface area contributed by atoms with Gasteiger partial charge in [-0.25, -0.2) is 16.8 Å². The summed E-state index contributed by atoms with van der Waals surface area (Å²) in [6.07, 6.45) is 1.18. The standard InChI is InChI=1S/C23H27NO4S3/c1-18(2)14-24(31(27,28)17-19-7-5-4-6-8-19)15-22-13-21(16-29-22)20-9-11-23(12-10-20)30(3,25)26/h4-13,16,18H,14-15,17H2,1-3H3. The average molecular weight is 478 g/mol. The number of sulfonamides is 1. The van der Waals surface area contributed by atoms with E-state index in [9.17, 15) is 16.8 Å². The summed E-state index contributed by atoms with van der Waals surface area (Å²) in [7, 11) is -6.71. The second-order valence-electron chi connectivity index (χ2n) is 8.03. The monoisotopic (exact) mass is 477 g/mol. The molecule has 166 valence electrons. The summed E-state index contributed by atoms with van der Waals surface area (Å²) < 4.78 is 51.1. The average Bonchev–Trinajstić information content (AvgIpc) is 3.16. The Hall–Kier alpha value is -2.00. The molecule has 2 aromatic carbocycles. The fraction of sp³-hybridized carbons (Fsp3) is 0.304. The lowest BCUT2D eigenvalue weighted by Gasteiger charge is -2.23. The van der Waals surface area contributed by atoms with E-state index in [-0.39, 0.29) is 16.6 Å². The van der Waals surface area contributed by atoms with Crippen LogP contribution in [0.4, 0.5) is 0 Å². The van der Waals surface area contributed by atoms with E-state index < -0.39 is 19.9 Å². The maximum absolute atomic E-state index is 13.1. The molecule has 1 aromatic heterocycles. The zero-order valence-corrected chi connectivity index (χ0v) is 20.3. The van der Waals surface area contributed by atoms with Crippen LogP contribution in [0.1, 0.15) is 24.3 Å².